The van der Waals surface area contributed by atoms with Gasteiger partial charge < -0.3 is 5.11 Å². The van der Waals surface area contributed by atoms with Gasteiger partial charge in [-0.25, -0.2) is 9.78 Å². The Bertz CT molecular complexity index is 955. The summed E-state index contributed by atoms with van der Waals surface area (Å²) in [6.45, 7) is 0. The van der Waals surface area contributed by atoms with Crippen LogP contribution in [0.4, 0.5) is 0 Å². The van der Waals surface area contributed by atoms with E-state index in [0.717, 1.165) is 31.2 Å². The Kier molecular flexibility index (Phi) is 2.62. The highest BCUT2D eigenvalue weighted by molar-refractivity contribution is 7.18. The van der Waals surface area contributed by atoms with Gasteiger partial charge in [-0.1, -0.05) is 0 Å². The van der Waals surface area contributed by atoms with E-state index >= 15 is 0 Å². The molecular formula is C15H12N2O3S. The van der Waals surface area contributed by atoms with E-state index in [0.29, 0.717) is 10.2 Å². The fraction of sp³-hybridized carbons (Fsp3) is 0.267. The zero-order chi connectivity index (χ0) is 14.6. The average molecular weight is 300 g/mol. The van der Waals surface area contributed by atoms with Gasteiger partial charge in [0.25, 0.3) is 5.56 Å². The number of pyridine rings is 1. The molecule has 4 rings (SSSR count). The first-order chi connectivity index (χ1) is 10.2. The third-order valence-electron chi connectivity index (χ3n) is 3.99. The molecule has 0 fully saturated rings. The minimum atomic E-state index is -1.07. The van der Waals surface area contributed by atoms with Crippen molar-refractivity contribution in [3.05, 3.63) is 44.7 Å². The number of aromatic nitrogens is 2. The molecule has 0 atom stereocenters. The number of aryl methyl sites for hydroxylation is 2. The van der Waals surface area contributed by atoms with E-state index in [4.69, 9.17) is 0 Å². The number of aromatic carboxylic acids is 1. The minimum absolute atomic E-state index is 0.0582. The number of thiophene rings is 1. The molecule has 6 heteroatoms. The standard InChI is InChI=1S/C15H12N2O3S/c18-14-11-8-4-1-2-6-10(8)21-13(11)16-12-9(15(19)20)5-3-7-17(12)14/h3,5,7H,1-2,4,6H2,(H,19,20). The van der Waals surface area contributed by atoms with Crippen molar-refractivity contribution in [2.75, 3.05) is 0 Å². The highest BCUT2D eigenvalue weighted by Crippen LogP contribution is 2.34. The van der Waals surface area contributed by atoms with Crippen LogP contribution < -0.4 is 5.56 Å². The molecule has 1 aliphatic carbocycles. The van der Waals surface area contributed by atoms with Gasteiger partial charge in [0.1, 0.15) is 10.4 Å². The molecule has 3 heterocycles. The van der Waals surface area contributed by atoms with Crippen LogP contribution in [0.5, 0.6) is 0 Å². The lowest BCUT2D eigenvalue weighted by molar-refractivity contribution is 0.0698. The second-order valence-electron chi connectivity index (χ2n) is 5.23. The first kappa shape index (κ1) is 12.5. The van der Waals surface area contributed by atoms with Crippen molar-refractivity contribution in [2.24, 2.45) is 0 Å². The highest BCUT2D eigenvalue weighted by atomic mass is 32.1. The largest absolute Gasteiger partial charge is 0.478 e. The molecule has 0 amide bonds. The summed E-state index contributed by atoms with van der Waals surface area (Å²) < 4.78 is 1.35. The summed E-state index contributed by atoms with van der Waals surface area (Å²) >= 11 is 1.53. The molecule has 1 aliphatic rings. The summed E-state index contributed by atoms with van der Waals surface area (Å²) in [5.41, 5.74) is 1.25. The minimum Gasteiger partial charge on any atom is -0.478 e. The predicted octanol–water partition coefficient (Wildman–Crippen LogP) is 2.49. The van der Waals surface area contributed by atoms with Gasteiger partial charge in [-0.05, 0) is 43.4 Å². The van der Waals surface area contributed by atoms with Crippen LogP contribution in [0.2, 0.25) is 0 Å². The number of carboxylic acid groups (broad SMARTS) is 1. The fourth-order valence-corrected chi connectivity index (χ4v) is 4.26. The van der Waals surface area contributed by atoms with Crippen LogP contribution in [0.25, 0.3) is 15.9 Å². The molecular weight excluding hydrogens is 288 g/mol. The van der Waals surface area contributed by atoms with Crippen molar-refractivity contribution >= 4 is 33.2 Å². The van der Waals surface area contributed by atoms with Gasteiger partial charge in [0.15, 0.2) is 5.65 Å². The fourth-order valence-electron chi connectivity index (χ4n) is 3.01. The summed E-state index contributed by atoms with van der Waals surface area (Å²) in [6.07, 6.45) is 5.72. The number of carbonyl (C=O) groups is 1. The van der Waals surface area contributed by atoms with E-state index in [9.17, 15) is 14.7 Å². The topological polar surface area (TPSA) is 71.7 Å². The molecule has 0 radical (unpaired) electrons. The van der Waals surface area contributed by atoms with Crippen molar-refractivity contribution in [3.8, 4) is 0 Å². The van der Waals surface area contributed by atoms with E-state index < -0.39 is 5.97 Å². The first-order valence-corrected chi connectivity index (χ1v) is 7.67. The maximum Gasteiger partial charge on any atom is 0.339 e. The van der Waals surface area contributed by atoms with Gasteiger partial charge in [0, 0.05) is 11.1 Å². The van der Waals surface area contributed by atoms with Crippen molar-refractivity contribution in [3.63, 3.8) is 0 Å². The van der Waals surface area contributed by atoms with Gasteiger partial charge in [-0.3, -0.25) is 9.20 Å². The van der Waals surface area contributed by atoms with Crippen molar-refractivity contribution in [2.45, 2.75) is 25.7 Å². The second kappa shape index (κ2) is 4.39. The Morgan fingerprint density at radius 2 is 2.14 bits per heavy atom. The lowest BCUT2D eigenvalue weighted by atomic mass is 9.97. The van der Waals surface area contributed by atoms with Crippen molar-refractivity contribution in [1.29, 1.82) is 0 Å². The van der Waals surface area contributed by atoms with Crippen molar-refractivity contribution < 1.29 is 9.90 Å². The SMILES string of the molecule is O=C(O)c1cccn2c(=O)c3c4c(sc3nc12)CCCC4. The highest BCUT2D eigenvalue weighted by Gasteiger charge is 2.21. The Balaban J connectivity index is 2.19. The van der Waals surface area contributed by atoms with Crippen LogP contribution in [0.3, 0.4) is 0 Å². The summed E-state index contributed by atoms with van der Waals surface area (Å²) in [4.78, 5) is 30.4. The Labute approximate surface area is 123 Å². The van der Waals surface area contributed by atoms with Gasteiger partial charge >= 0.3 is 5.97 Å². The quantitative estimate of drug-likeness (QED) is 0.749. The molecule has 5 nitrogen and oxygen atoms in total. The predicted molar refractivity (Wildman–Crippen MR) is 80.4 cm³/mol. The number of rotatable bonds is 1. The Hall–Kier alpha value is -2.21. The van der Waals surface area contributed by atoms with E-state index in [2.05, 4.69) is 4.98 Å². The molecule has 3 aromatic heterocycles. The normalized spacial score (nSPS) is 14.5. The average Bonchev–Trinajstić information content (AvgIpc) is 2.85. The second-order valence-corrected chi connectivity index (χ2v) is 6.31. The van der Waals surface area contributed by atoms with Crippen LogP contribution >= 0.6 is 11.3 Å². The van der Waals surface area contributed by atoms with Crippen molar-refractivity contribution in [1.82, 2.24) is 9.38 Å². The van der Waals surface area contributed by atoms with Gasteiger partial charge in [0.2, 0.25) is 0 Å². The summed E-state index contributed by atoms with van der Waals surface area (Å²) in [5, 5.41) is 9.93. The summed E-state index contributed by atoms with van der Waals surface area (Å²) in [7, 11) is 0. The number of fused-ring (bicyclic) bond motifs is 4. The molecule has 0 bridgehead atoms. The summed E-state index contributed by atoms with van der Waals surface area (Å²) in [6, 6.07) is 3.05. The van der Waals surface area contributed by atoms with E-state index in [1.54, 1.807) is 12.3 Å². The van der Waals surface area contributed by atoms with Gasteiger partial charge in [-0.2, -0.15) is 0 Å². The van der Waals surface area contributed by atoms with Crippen LogP contribution in [-0.4, -0.2) is 20.5 Å². The molecule has 1 N–H and O–H groups in total. The van der Waals surface area contributed by atoms with Crippen LogP contribution in [-0.2, 0) is 12.8 Å². The molecule has 3 aromatic rings. The maximum atomic E-state index is 12.7. The Morgan fingerprint density at radius 1 is 1.33 bits per heavy atom. The maximum absolute atomic E-state index is 12.7. The van der Waals surface area contributed by atoms with Crippen LogP contribution in [0.15, 0.2) is 23.1 Å². The molecule has 21 heavy (non-hydrogen) atoms. The number of hydrogen-bond acceptors (Lipinski definition) is 4. The van der Waals surface area contributed by atoms with E-state index in [-0.39, 0.29) is 16.8 Å². The number of hydrogen-bond donors (Lipinski definition) is 1. The zero-order valence-electron chi connectivity index (χ0n) is 11.1. The molecule has 106 valence electrons. The lowest BCUT2D eigenvalue weighted by Gasteiger charge is -2.10. The smallest absolute Gasteiger partial charge is 0.339 e. The third-order valence-corrected chi connectivity index (χ3v) is 5.18. The van der Waals surface area contributed by atoms with Crippen LogP contribution in [0, 0.1) is 0 Å². The molecule has 0 saturated carbocycles. The lowest BCUT2D eigenvalue weighted by Crippen LogP contribution is -2.18. The summed E-state index contributed by atoms with van der Waals surface area (Å²) in [5.74, 6) is -1.07. The molecule has 0 unspecified atom stereocenters. The van der Waals surface area contributed by atoms with Gasteiger partial charge in [-0.15, -0.1) is 11.3 Å². The third kappa shape index (κ3) is 1.72. The monoisotopic (exact) mass is 300 g/mol. The van der Waals surface area contributed by atoms with E-state index in [1.807, 2.05) is 0 Å². The first-order valence-electron chi connectivity index (χ1n) is 6.86. The van der Waals surface area contributed by atoms with Gasteiger partial charge in [0.05, 0.1) is 5.39 Å². The molecule has 0 spiro atoms. The zero-order valence-corrected chi connectivity index (χ0v) is 11.9. The van der Waals surface area contributed by atoms with E-state index in [1.165, 1.54) is 26.7 Å². The molecule has 0 aliphatic heterocycles. The number of nitrogens with zero attached hydrogens (tertiary/aromatic N) is 2. The Morgan fingerprint density at radius 3 is 2.95 bits per heavy atom. The van der Waals surface area contributed by atoms with Crippen LogP contribution in [0.1, 0.15) is 33.6 Å². The molecule has 0 saturated heterocycles. The number of carboxylic acids is 1. The molecule has 0 aromatic carbocycles.